The van der Waals surface area contributed by atoms with Gasteiger partial charge in [-0.1, -0.05) is 24.3 Å². The van der Waals surface area contributed by atoms with Gasteiger partial charge < -0.3 is 4.74 Å². The molecule has 2 aliphatic rings. The molecule has 1 aromatic heterocycles. The van der Waals surface area contributed by atoms with E-state index in [0.717, 1.165) is 51.4 Å². The third-order valence-electron chi connectivity index (χ3n) is 12.1. The molecule has 0 spiro atoms. The van der Waals surface area contributed by atoms with Gasteiger partial charge in [0.25, 0.3) is 0 Å². The topological polar surface area (TPSA) is 24.9 Å². The molecular formula is C52H38N2O2Se. The Labute approximate surface area is 337 Å². The van der Waals surface area contributed by atoms with Crippen molar-refractivity contribution < 1.29 is 9.47 Å². The number of rotatable bonds is 4. The van der Waals surface area contributed by atoms with Crippen LogP contribution in [0.2, 0.25) is 0 Å². The van der Waals surface area contributed by atoms with Crippen LogP contribution in [0, 0.1) is 0 Å². The van der Waals surface area contributed by atoms with Crippen molar-refractivity contribution in [2.45, 2.75) is 39.5 Å². The van der Waals surface area contributed by atoms with Crippen molar-refractivity contribution >= 4 is 100 Å². The molecule has 0 bridgehead atoms. The van der Waals surface area contributed by atoms with Gasteiger partial charge in [-0.25, -0.2) is 0 Å². The zero-order valence-corrected chi connectivity index (χ0v) is 33.8. The number of benzene rings is 9. The zero-order chi connectivity index (χ0) is 38.1. The molecule has 4 nitrogen and oxygen atoms in total. The summed E-state index contributed by atoms with van der Waals surface area (Å²) in [6, 6.07) is 53.4. The van der Waals surface area contributed by atoms with E-state index in [-0.39, 0.29) is 20.4 Å². The van der Waals surface area contributed by atoms with Crippen LogP contribution in [-0.4, -0.2) is 14.5 Å². The first-order chi connectivity index (χ1) is 27.9. The number of para-hydroxylation sites is 6. The van der Waals surface area contributed by atoms with Crippen molar-refractivity contribution in [2.24, 2.45) is 0 Å². The maximum atomic E-state index is 6.80. The minimum absolute atomic E-state index is 0.218. The van der Waals surface area contributed by atoms with Crippen molar-refractivity contribution in [3.8, 4) is 23.0 Å². The summed E-state index contributed by atoms with van der Waals surface area (Å²) in [5.41, 5.74) is 9.26. The SMILES string of the molecule is CC(C)c1ccc2c(N3c4ccccc4Oc4ccccc43)cc3c(C(C)C)cc(N4c5ccccc5Oc5cc6c(cc54)[se]c4ccccc46)c4ccc1c2c34. The Morgan fingerprint density at radius 2 is 0.895 bits per heavy atom. The van der Waals surface area contributed by atoms with E-state index in [1.54, 1.807) is 0 Å². The monoisotopic (exact) mass is 802 g/mol. The summed E-state index contributed by atoms with van der Waals surface area (Å²) in [7, 11) is 0. The van der Waals surface area contributed by atoms with E-state index < -0.39 is 0 Å². The number of hydrogen-bond donors (Lipinski definition) is 0. The van der Waals surface area contributed by atoms with E-state index in [2.05, 4.69) is 183 Å². The molecule has 0 atom stereocenters. The second-order valence-corrected chi connectivity index (χ2v) is 18.3. The van der Waals surface area contributed by atoms with E-state index in [0.29, 0.717) is 5.92 Å². The van der Waals surface area contributed by atoms with Gasteiger partial charge in [-0.2, -0.15) is 0 Å². The molecule has 0 saturated carbocycles. The predicted octanol–water partition coefficient (Wildman–Crippen LogP) is 15.3. The second-order valence-electron chi connectivity index (χ2n) is 16.0. The van der Waals surface area contributed by atoms with Gasteiger partial charge in [0.1, 0.15) is 0 Å². The first kappa shape index (κ1) is 32.9. The third kappa shape index (κ3) is 4.67. The van der Waals surface area contributed by atoms with Gasteiger partial charge in [0.05, 0.1) is 0 Å². The molecule has 0 unspecified atom stereocenters. The molecule has 0 saturated heterocycles. The Morgan fingerprint density at radius 3 is 1.56 bits per heavy atom. The Hall–Kier alpha value is -6.26. The van der Waals surface area contributed by atoms with E-state index in [9.17, 15) is 0 Å². The van der Waals surface area contributed by atoms with E-state index in [4.69, 9.17) is 9.47 Å². The second kappa shape index (κ2) is 12.1. The van der Waals surface area contributed by atoms with Gasteiger partial charge in [0.2, 0.25) is 0 Å². The summed E-state index contributed by atoms with van der Waals surface area (Å²) in [4.78, 5) is 4.91. The number of ether oxygens (including phenoxy) is 2. The van der Waals surface area contributed by atoms with Crippen molar-refractivity contribution in [1.29, 1.82) is 0 Å². The average molecular weight is 802 g/mol. The molecule has 0 radical (unpaired) electrons. The molecule has 10 aromatic rings. The van der Waals surface area contributed by atoms with Crippen LogP contribution in [0.15, 0.2) is 146 Å². The van der Waals surface area contributed by atoms with Gasteiger partial charge >= 0.3 is 274 Å². The first-order valence-corrected chi connectivity index (χ1v) is 21.6. The molecule has 9 aromatic carbocycles. The van der Waals surface area contributed by atoms with Crippen molar-refractivity contribution in [2.75, 3.05) is 9.80 Å². The number of nitrogens with zero attached hydrogens (tertiary/aromatic N) is 2. The molecule has 0 N–H and O–H groups in total. The van der Waals surface area contributed by atoms with Gasteiger partial charge in [0.15, 0.2) is 11.5 Å². The Bertz CT molecular complexity index is 3240. The van der Waals surface area contributed by atoms with Crippen LogP contribution in [-0.2, 0) is 0 Å². The fourth-order valence-corrected chi connectivity index (χ4v) is 11.9. The van der Waals surface area contributed by atoms with Gasteiger partial charge in [0, 0.05) is 0 Å². The summed E-state index contributed by atoms with van der Waals surface area (Å²) in [5, 5.41) is 10.3. The van der Waals surface area contributed by atoms with Gasteiger partial charge in [-0.3, -0.25) is 0 Å². The van der Waals surface area contributed by atoms with Crippen LogP contribution in [0.1, 0.15) is 50.7 Å². The summed E-state index contributed by atoms with van der Waals surface area (Å²) >= 11 is 0.218. The molecule has 12 rings (SSSR count). The molecule has 0 aliphatic carbocycles. The fraction of sp³-hybridized carbons (Fsp3) is 0.115. The van der Waals surface area contributed by atoms with Crippen LogP contribution < -0.4 is 19.3 Å². The fourth-order valence-electron chi connectivity index (χ4n) is 9.54. The van der Waals surface area contributed by atoms with Crippen molar-refractivity contribution in [1.82, 2.24) is 0 Å². The molecule has 57 heavy (non-hydrogen) atoms. The molecular weight excluding hydrogens is 764 g/mol. The Balaban J connectivity index is 1.20. The molecule has 5 heteroatoms. The van der Waals surface area contributed by atoms with Crippen molar-refractivity contribution in [3.63, 3.8) is 0 Å². The quantitative estimate of drug-likeness (QED) is 0.131. The number of hydrogen-bond acceptors (Lipinski definition) is 4. The predicted molar refractivity (Wildman–Crippen MR) is 240 cm³/mol. The van der Waals surface area contributed by atoms with Gasteiger partial charge in [-0.15, -0.1) is 0 Å². The van der Waals surface area contributed by atoms with Crippen LogP contribution >= 0.6 is 0 Å². The molecule has 0 fully saturated rings. The zero-order valence-electron chi connectivity index (χ0n) is 32.1. The van der Waals surface area contributed by atoms with E-state index in [1.165, 1.54) is 68.4 Å². The molecule has 3 heterocycles. The Kier molecular flexibility index (Phi) is 7.00. The Morgan fingerprint density at radius 1 is 0.368 bits per heavy atom. The summed E-state index contributed by atoms with van der Waals surface area (Å²) < 4.78 is 16.1. The van der Waals surface area contributed by atoms with Gasteiger partial charge in [-0.05, 0) is 24.3 Å². The molecule has 2 aliphatic heterocycles. The summed E-state index contributed by atoms with van der Waals surface area (Å²) in [6.45, 7) is 9.29. The standard InChI is InChI=1S/C52H38N2O2Se/c1-29(2)31-21-23-34-43(53-39-14-6-9-17-45(39)55-46-18-10-7-15-40(46)53)26-38-36(30(3)4)25-42(35-24-22-33(31)51(34)52(35)38)54-41-16-8-11-19-47(41)56-48-27-37-32-13-5-12-20-49(32)57-50(37)28-44(48)54/h5-30H,1-4H3. The van der Waals surface area contributed by atoms with Crippen LogP contribution in [0.3, 0.4) is 0 Å². The average Bonchev–Trinajstić information content (AvgIpc) is 3.60. The minimum atomic E-state index is 0.218. The summed E-state index contributed by atoms with van der Waals surface area (Å²) in [6.07, 6.45) is 0. The maximum absolute atomic E-state index is 6.80. The normalized spacial score (nSPS) is 13.4. The molecule has 0 amide bonds. The van der Waals surface area contributed by atoms with Crippen molar-refractivity contribution in [3.05, 3.63) is 157 Å². The van der Waals surface area contributed by atoms with E-state index in [1.807, 2.05) is 0 Å². The van der Waals surface area contributed by atoms with Crippen LogP contribution in [0.25, 0.3) is 51.6 Å². The van der Waals surface area contributed by atoms with Crippen LogP contribution in [0.5, 0.6) is 23.0 Å². The first-order valence-electron chi connectivity index (χ1n) is 19.9. The number of fused-ring (bicyclic) bond motifs is 7. The van der Waals surface area contributed by atoms with E-state index >= 15 is 0 Å². The molecule has 274 valence electrons. The number of anilines is 6. The van der Waals surface area contributed by atoms with Crippen LogP contribution in [0.4, 0.5) is 34.1 Å². The summed E-state index contributed by atoms with van der Waals surface area (Å²) in [5.74, 6) is 4.09. The third-order valence-corrected chi connectivity index (χ3v) is 14.5.